The van der Waals surface area contributed by atoms with E-state index in [4.69, 9.17) is 24.1 Å². The minimum Gasteiger partial charge on any atom is -0.493 e. The highest BCUT2D eigenvalue weighted by molar-refractivity contribution is 5.20. The molecule has 0 saturated heterocycles. The molecule has 0 aromatic heterocycles. The van der Waals surface area contributed by atoms with E-state index in [9.17, 15) is 27.8 Å². The molecule has 0 heterocycles. The van der Waals surface area contributed by atoms with Crippen molar-refractivity contribution in [1.29, 1.82) is 0 Å². The van der Waals surface area contributed by atoms with Crippen LogP contribution >= 0.6 is 0 Å². The molecule has 0 radical (unpaired) electrons. The lowest BCUT2D eigenvalue weighted by Gasteiger charge is -2.24. The number of aliphatic hydroxyl groups excluding tert-OH is 3. The van der Waals surface area contributed by atoms with Gasteiger partial charge >= 0.3 is 12.2 Å². The fourth-order valence-corrected chi connectivity index (χ4v) is 2.45. The second kappa shape index (κ2) is 18.6. The fourth-order valence-electron chi connectivity index (χ4n) is 2.45. The molecule has 0 amide bonds. The van der Waals surface area contributed by atoms with Crippen LogP contribution in [0.2, 0.25) is 0 Å². The van der Waals surface area contributed by atoms with Crippen LogP contribution in [-0.4, -0.2) is 113 Å². The monoisotopic (exact) mass is 534 g/mol. The standard InChI is InChI=1S/C22H34F4O10/c23-21(24,15-33-12-18(28)6-8-35-20-4-2-1-3-5-20)36-22(25,26)16-34-17-32-11-10-31-14-19(29)13-30-9-7-27/h1-5,18-19,27-29H,6-17H2. The largest absolute Gasteiger partial charge is 0.493 e. The summed E-state index contributed by atoms with van der Waals surface area (Å²) < 4.78 is 87.2. The van der Waals surface area contributed by atoms with Gasteiger partial charge in [0.15, 0.2) is 0 Å². The molecule has 0 aliphatic heterocycles. The van der Waals surface area contributed by atoms with Gasteiger partial charge in [-0.25, -0.2) is 0 Å². The normalized spacial score (nSPS) is 14.1. The van der Waals surface area contributed by atoms with E-state index in [1.165, 1.54) is 0 Å². The molecule has 1 aromatic rings. The topological polar surface area (TPSA) is 125 Å². The molecule has 210 valence electrons. The van der Waals surface area contributed by atoms with Gasteiger partial charge < -0.3 is 43.7 Å². The molecular weight excluding hydrogens is 500 g/mol. The molecule has 1 aromatic carbocycles. The average Bonchev–Trinajstić information content (AvgIpc) is 2.80. The van der Waals surface area contributed by atoms with Crippen molar-refractivity contribution in [2.45, 2.75) is 30.8 Å². The first-order chi connectivity index (χ1) is 17.1. The van der Waals surface area contributed by atoms with Crippen LogP contribution in [0.5, 0.6) is 5.75 Å². The van der Waals surface area contributed by atoms with E-state index >= 15 is 0 Å². The molecule has 0 aliphatic rings. The summed E-state index contributed by atoms with van der Waals surface area (Å²) in [6, 6.07) is 8.73. The van der Waals surface area contributed by atoms with Gasteiger partial charge in [0, 0.05) is 6.42 Å². The Balaban J connectivity index is 2.07. The maximum Gasteiger partial charge on any atom is 0.383 e. The predicted molar refractivity (Wildman–Crippen MR) is 116 cm³/mol. The molecule has 1 rings (SSSR count). The highest BCUT2D eigenvalue weighted by Crippen LogP contribution is 2.27. The Hall–Kier alpha value is -1.62. The number of hydrogen-bond donors (Lipinski definition) is 3. The second-order valence-corrected chi connectivity index (χ2v) is 7.40. The van der Waals surface area contributed by atoms with Gasteiger partial charge in [0.25, 0.3) is 0 Å². The van der Waals surface area contributed by atoms with E-state index < -0.39 is 51.0 Å². The number of hydrogen-bond acceptors (Lipinski definition) is 10. The Bertz CT molecular complexity index is 657. The third-order valence-corrected chi connectivity index (χ3v) is 4.01. The van der Waals surface area contributed by atoms with E-state index in [1.807, 2.05) is 0 Å². The van der Waals surface area contributed by atoms with E-state index in [0.717, 1.165) is 0 Å². The third-order valence-electron chi connectivity index (χ3n) is 4.01. The molecule has 0 bridgehead atoms. The number of alkyl halides is 4. The fraction of sp³-hybridized carbons (Fsp3) is 0.727. The van der Waals surface area contributed by atoms with Crippen LogP contribution in [0.25, 0.3) is 0 Å². The zero-order valence-electron chi connectivity index (χ0n) is 19.7. The molecule has 3 N–H and O–H groups in total. The zero-order valence-corrected chi connectivity index (χ0v) is 19.7. The van der Waals surface area contributed by atoms with Gasteiger partial charge in [-0.1, -0.05) is 18.2 Å². The van der Waals surface area contributed by atoms with Crippen LogP contribution in [-0.2, 0) is 28.4 Å². The SMILES string of the molecule is OCCOCC(O)COCCOCOCC(F)(F)OC(F)(F)COCC(O)CCOc1ccccc1. The molecule has 2 unspecified atom stereocenters. The van der Waals surface area contributed by atoms with Crippen molar-refractivity contribution >= 4 is 0 Å². The summed E-state index contributed by atoms with van der Waals surface area (Å²) in [5, 5.41) is 27.7. The minimum atomic E-state index is -4.33. The van der Waals surface area contributed by atoms with Gasteiger partial charge in [0.2, 0.25) is 0 Å². The van der Waals surface area contributed by atoms with Crippen LogP contribution in [0, 0.1) is 0 Å². The van der Waals surface area contributed by atoms with Crippen molar-refractivity contribution in [1.82, 2.24) is 0 Å². The molecule has 0 spiro atoms. The quantitative estimate of drug-likeness (QED) is 0.108. The van der Waals surface area contributed by atoms with Gasteiger partial charge in [-0.15, -0.1) is 0 Å². The third kappa shape index (κ3) is 17.8. The zero-order chi connectivity index (χ0) is 26.7. The maximum atomic E-state index is 13.6. The first kappa shape index (κ1) is 32.4. The second-order valence-electron chi connectivity index (χ2n) is 7.40. The average molecular weight is 534 g/mol. The molecule has 36 heavy (non-hydrogen) atoms. The van der Waals surface area contributed by atoms with Gasteiger partial charge in [-0.2, -0.15) is 17.6 Å². The summed E-state index contributed by atoms with van der Waals surface area (Å²) in [5.41, 5.74) is 0. The van der Waals surface area contributed by atoms with Crippen molar-refractivity contribution < 1.29 is 66.0 Å². The molecular formula is C22H34F4O10. The Morgan fingerprint density at radius 1 is 0.694 bits per heavy atom. The molecule has 2 atom stereocenters. The summed E-state index contributed by atoms with van der Waals surface area (Å²) in [6.07, 6.45) is -10.6. The van der Waals surface area contributed by atoms with Crippen LogP contribution < -0.4 is 4.74 Å². The van der Waals surface area contributed by atoms with Crippen LogP contribution in [0.3, 0.4) is 0 Å². The summed E-state index contributed by atoms with van der Waals surface area (Å²) in [7, 11) is 0. The van der Waals surface area contributed by atoms with E-state index in [1.54, 1.807) is 30.3 Å². The lowest BCUT2D eigenvalue weighted by Crippen LogP contribution is -2.40. The predicted octanol–water partition coefficient (Wildman–Crippen LogP) is 1.41. The lowest BCUT2D eigenvalue weighted by molar-refractivity contribution is -0.396. The number of ether oxygens (including phenoxy) is 7. The minimum absolute atomic E-state index is 0.00690. The van der Waals surface area contributed by atoms with E-state index in [2.05, 4.69) is 14.2 Å². The number of rotatable bonds is 23. The van der Waals surface area contributed by atoms with E-state index in [-0.39, 0.29) is 52.7 Å². The Kier molecular flexibility index (Phi) is 16.7. The van der Waals surface area contributed by atoms with Gasteiger partial charge in [-0.05, 0) is 12.1 Å². The summed E-state index contributed by atoms with van der Waals surface area (Å²) in [6.45, 7) is -4.30. The number of benzene rings is 1. The number of aliphatic hydroxyl groups is 3. The van der Waals surface area contributed by atoms with Crippen LogP contribution in [0.1, 0.15) is 6.42 Å². The smallest absolute Gasteiger partial charge is 0.383 e. The Labute approximate surface area is 206 Å². The molecule has 0 fully saturated rings. The Morgan fingerprint density at radius 2 is 1.28 bits per heavy atom. The van der Waals surface area contributed by atoms with Gasteiger partial charge in [0.05, 0.1) is 59.0 Å². The van der Waals surface area contributed by atoms with Gasteiger partial charge in [0.1, 0.15) is 31.9 Å². The van der Waals surface area contributed by atoms with Gasteiger partial charge in [-0.3, -0.25) is 4.74 Å². The molecule has 0 saturated carbocycles. The van der Waals surface area contributed by atoms with Crippen molar-refractivity contribution in [2.75, 3.05) is 72.9 Å². The van der Waals surface area contributed by atoms with Crippen molar-refractivity contribution in [2.24, 2.45) is 0 Å². The molecule has 14 heteroatoms. The first-order valence-electron chi connectivity index (χ1n) is 11.1. The maximum absolute atomic E-state index is 13.6. The molecule has 0 aliphatic carbocycles. The van der Waals surface area contributed by atoms with Crippen molar-refractivity contribution in [3.8, 4) is 5.75 Å². The molecule has 10 nitrogen and oxygen atoms in total. The highest BCUT2D eigenvalue weighted by Gasteiger charge is 2.44. The highest BCUT2D eigenvalue weighted by atomic mass is 19.3. The Morgan fingerprint density at radius 3 is 1.94 bits per heavy atom. The summed E-state index contributed by atoms with van der Waals surface area (Å²) in [5.74, 6) is 0.574. The van der Waals surface area contributed by atoms with Crippen molar-refractivity contribution in [3.05, 3.63) is 30.3 Å². The van der Waals surface area contributed by atoms with Crippen molar-refractivity contribution in [3.63, 3.8) is 0 Å². The lowest BCUT2D eigenvalue weighted by atomic mass is 10.3. The summed E-state index contributed by atoms with van der Waals surface area (Å²) in [4.78, 5) is 0. The first-order valence-corrected chi connectivity index (χ1v) is 11.1. The van der Waals surface area contributed by atoms with Crippen LogP contribution in [0.15, 0.2) is 30.3 Å². The van der Waals surface area contributed by atoms with Crippen LogP contribution in [0.4, 0.5) is 17.6 Å². The number of para-hydroxylation sites is 1. The summed E-state index contributed by atoms with van der Waals surface area (Å²) >= 11 is 0. The van der Waals surface area contributed by atoms with E-state index in [0.29, 0.717) is 5.75 Å². The number of halogens is 4.